The minimum atomic E-state index is -0.359. The summed E-state index contributed by atoms with van der Waals surface area (Å²) in [5.74, 6) is 0.232. The Labute approximate surface area is 122 Å². The van der Waals surface area contributed by atoms with E-state index in [0.717, 1.165) is 11.3 Å². The molecule has 0 saturated heterocycles. The van der Waals surface area contributed by atoms with E-state index in [1.54, 1.807) is 31.8 Å². The maximum absolute atomic E-state index is 12.3. The number of benzene rings is 1. The Morgan fingerprint density at radius 1 is 1.40 bits per heavy atom. The van der Waals surface area contributed by atoms with E-state index in [0.29, 0.717) is 16.5 Å². The van der Waals surface area contributed by atoms with Gasteiger partial charge in [0, 0.05) is 7.05 Å². The van der Waals surface area contributed by atoms with Gasteiger partial charge in [0.25, 0.3) is 5.91 Å². The van der Waals surface area contributed by atoms with Crippen molar-refractivity contribution < 1.29 is 9.53 Å². The topological polar surface area (TPSA) is 56.1 Å². The van der Waals surface area contributed by atoms with Crippen molar-refractivity contribution in [3.8, 4) is 5.75 Å². The molecule has 0 bridgehead atoms. The predicted molar refractivity (Wildman–Crippen MR) is 78.6 cm³/mol. The molecule has 1 N–H and O–H groups in total. The van der Waals surface area contributed by atoms with Gasteiger partial charge in [0.2, 0.25) is 0 Å². The summed E-state index contributed by atoms with van der Waals surface area (Å²) in [4.78, 5) is 12.3. The Morgan fingerprint density at radius 3 is 2.65 bits per heavy atom. The molecule has 2 aromatic rings. The number of hydrogen-bond donors (Lipinski definition) is 1. The summed E-state index contributed by atoms with van der Waals surface area (Å²) in [6.07, 6.45) is 0. The molecule has 0 unspecified atom stereocenters. The first-order valence-corrected chi connectivity index (χ1v) is 6.47. The van der Waals surface area contributed by atoms with Gasteiger partial charge in [-0.2, -0.15) is 5.10 Å². The molecular weight excluding hydrogens is 278 g/mol. The number of anilines is 1. The summed E-state index contributed by atoms with van der Waals surface area (Å²) in [5.41, 5.74) is 2.56. The van der Waals surface area contributed by atoms with Crippen molar-refractivity contribution in [1.82, 2.24) is 9.78 Å². The fraction of sp³-hybridized carbons (Fsp3) is 0.286. The van der Waals surface area contributed by atoms with Crippen molar-refractivity contribution >= 4 is 23.2 Å². The molecule has 0 aliphatic rings. The van der Waals surface area contributed by atoms with Crippen LogP contribution in [0.3, 0.4) is 0 Å². The van der Waals surface area contributed by atoms with Crippen LogP contribution in [0.4, 0.5) is 5.69 Å². The molecule has 0 atom stereocenters. The zero-order valence-electron chi connectivity index (χ0n) is 11.8. The van der Waals surface area contributed by atoms with Crippen LogP contribution < -0.4 is 10.1 Å². The lowest BCUT2D eigenvalue weighted by molar-refractivity contribution is 0.102. The molecule has 0 spiro atoms. The van der Waals surface area contributed by atoms with Gasteiger partial charge in [0.1, 0.15) is 5.75 Å². The number of methoxy groups -OCH3 is 1. The summed E-state index contributed by atoms with van der Waals surface area (Å²) < 4.78 is 6.80. The van der Waals surface area contributed by atoms with Crippen molar-refractivity contribution in [2.45, 2.75) is 13.8 Å². The van der Waals surface area contributed by atoms with Crippen molar-refractivity contribution in [2.75, 3.05) is 12.4 Å². The summed E-state index contributed by atoms with van der Waals surface area (Å²) >= 11 is 6.10. The zero-order valence-corrected chi connectivity index (χ0v) is 12.6. The van der Waals surface area contributed by atoms with E-state index in [2.05, 4.69) is 10.4 Å². The van der Waals surface area contributed by atoms with Crippen LogP contribution in [0.15, 0.2) is 18.2 Å². The fourth-order valence-corrected chi connectivity index (χ4v) is 2.07. The largest absolute Gasteiger partial charge is 0.495 e. The highest BCUT2D eigenvalue weighted by Gasteiger charge is 2.19. The first-order chi connectivity index (χ1) is 9.43. The minimum absolute atomic E-state index is 0.204. The lowest BCUT2D eigenvalue weighted by Gasteiger charge is -2.10. The molecule has 0 fully saturated rings. The van der Waals surface area contributed by atoms with Crippen LogP contribution in [0, 0.1) is 13.8 Å². The monoisotopic (exact) mass is 293 g/mol. The SMILES string of the molecule is COc1ccc(C)cc1NC(=O)c1nn(C)c(C)c1Cl. The number of amides is 1. The molecule has 1 heterocycles. The number of carbonyl (C=O) groups excluding carboxylic acids is 1. The summed E-state index contributed by atoms with van der Waals surface area (Å²) in [6.45, 7) is 3.74. The van der Waals surface area contributed by atoms with Gasteiger partial charge in [0.15, 0.2) is 5.69 Å². The Kier molecular flexibility index (Phi) is 3.99. The van der Waals surface area contributed by atoms with Crippen LogP contribution in [0.25, 0.3) is 0 Å². The Bertz CT molecular complexity index is 665. The van der Waals surface area contributed by atoms with Crippen molar-refractivity contribution in [2.24, 2.45) is 7.05 Å². The lowest BCUT2D eigenvalue weighted by Crippen LogP contribution is -2.14. The van der Waals surface area contributed by atoms with Crippen molar-refractivity contribution in [3.63, 3.8) is 0 Å². The predicted octanol–water partition coefficient (Wildman–Crippen LogP) is 2.95. The van der Waals surface area contributed by atoms with Gasteiger partial charge in [-0.3, -0.25) is 9.48 Å². The second kappa shape index (κ2) is 5.54. The van der Waals surface area contributed by atoms with E-state index >= 15 is 0 Å². The maximum Gasteiger partial charge on any atom is 0.277 e. The molecular formula is C14H16ClN3O2. The lowest BCUT2D eigenvalue weighted by atomic mass is 10.2. The number of ether oxygens (including phenoxy) is 1. The molecule has 106 valence electrons. The Hall–Kier alpha value is -2.01. The first kappa shape index (κ1) is 14.4. The van der Waals surface area contributed by atoms with Gasteiger partial charge in [-0.15, -0.1) is 0 Å². The second-order valence-corrected chi connectivity index (χ2v) is 4.91. The number of halogens is 1. The van der Waals surface area contributed by atoms with Crippen LogP contribution >= 0.6 is 11.6 Å². The average Bonchev–Trinajstić information content (AvgIpc) is 2.67. The molecule has 0 aliphatic heterocycles. The molecule has 0 aliphatic carbocycles. The fourth-order valence-electron chi connectivity index (χ4n) is 1.83. The van der Waals surface area contributed by atoms with Crippen LogP contribution in [-0.4, -0.2) is 22.8 Å². The van der Waals surface area contributed by atoms with Crippen LogP contribution in [0.5, 0.6) is 5.75 Å². The Morgan fingerprint density at radius 2 is 2.10 bits per heavy atom. The number of hydrogen-bond acceptors (Lipinski definition) is 3. The molecule has 1 amide bonds. The highest BCUT2D eigenvalue weighted by atomic mass is 35.5. The number of carbonyl (C=O) groups is 1. The molecule has 0 saturated carbocycles. The van der Waals surface area contributed by atoms with E-state index in [9.17, 15) is 4.79 Å². The van der Waals surface area contributed by atoms with Gasteiger partial charge in [0.05, 0.1) is 23.5 Å². The third kappa shape index (κ3) is 2.63. The van der Waals surface area contributed by atoms with E-state index in [-0.39, 0.29) is 11.6 Å². The van der Waals surface area contributed by atoms with Gasteiger partial charge < -0.3 is 10.1 Å². The first-order valence-electron chi connectivity index (χ1n) is 6.09. The second-order valence-electron chi connectivity index (χ2n) is 4.53. The van der Waals surface area contributed by atoms with Crippen molar-refractivity contribution in [3.05, 3.63) is 40.2 Å². The van der Waals surface area contributed by atoms with E-state index < -0.39 is 0 Å². The molecule has 1 aromatic heterocycles. The van der Waals surface area contributed by atoms with Gasteiger partial charge in [-0.1, -0.05) is 17.7 Å². The van der Waals surface area contributed by atoms with Gasteiger partial charge >= 0.3 is 0 Å². The average molecular weight is 294 g/mol. The highest BCUT2D eigenvalue weighted by molar-refractivity contribution is 6.34. The standard InChI is InChI=1S/C14H16ClN3O2/c1-8-5-6-11(20-4)10(7-8)16-14(19)13-12(15)9(2)18(3)17-13/h5-7H,1-4H3,(H,16,19). The van der Waals surface area contributed by atoms with E-state index in [4.69, 9.17) is 16.3 Å². The van der Waals surface area contributed by atoms with E-state index in [1.807, 2.05) is 19.1 Å². The zero-order chi connectivity index (χ0) is 14.9. The smallest absolute Gasteiger partial charge is 0.277 e. The molecule has 5 nitrogen and oxygen atoms in total. The molecule has 1 aromatic carbocycles. The summed E-state index contributed by atoms with van der Waals surface area (Å²) in [7, 11) is 3.30. The van der Waals surface area contributed by atoms with Gasteiger partial charge in [-0.25, -0.2) is 0 Å². The molecule has 20 heavy (non-hydrogen) atoms. The summed E-state index contributed by atoms with van der Waals surface area (Å²) in [5, 5.41) is 7.25. The molecule has 0 radical (unpaired) electrons. The Balaban J connectivity index is 2.32. The number of aryl methyl sites for hydroxylation is 2. The van der Waals surface area contributed by atoms with Crippen molar-refractivity contribution in [1.29, 1.82) is 0 Å². The molecule has 6 heteroatoms. The van der Waals surface area contributed by atoms with E-state index in [1.165, 1.54) is 0 Å². The summed E-state index contributed by atoms with van der Waals surface area (Å²) in [6, 6.07) is 5.54. The van der Waals surface area contributed by atoms with Gasteiger partial charge in [-0.05, 0) is 31.5 Å². The minimum Gasteiger partial charge on any atom is -0.495 e. The highest BCUT2D eigenvalue weighted by Crippen LogP contribution is 2.27. The third-order valence-corrected chi connectivity index (χ3v) is 3.53. The number of nitrogens with zero attached hydrogens (tertiary/aromatic N) is 2. The number of nitrogens with one attached hydrogen (secondary N) is 1. The van der Waals surface area contributed by atoms with Crippen LogP contribution in [0.1, 0.15) is 21.7 Å². The third-order valence-electron chi connectivity index (χ3n) is 3.08. The quantitative estimate of drug-likeness (QED) is 0.946. The number of rotatable bonds is 3. The van der Waals surface area contributed by atoms with Crippen LogP contribution in [0.2, 0.25) is 5.02 Å². The van der Waals surface area contributed by atoms with Crippen LogP contribution in [-0.2, 0) is 7.05 Å². The molecule has 2 rings (SSSR count). The normalized spacial score (nSPS) is 10.4. The maximum atomic E-state index is 12.3. The number of aromatic nitrogens is 2.